The number of carbonyl (C=O) groups is 1. The van der Waals surface area contributed by atoms with Crippen molar-refractivity contribution in [3.05, 3.63) is 59.4 Å². The van der Waals surface area contributed by atoms with Crippen LogP contribution in [0.2, 0.25) is 0 Å². The molecule has 0 atom stereocenters. The third-order valence-electron chi connectivity index (χ3n) is 5.47. The van der Waals surface area contributed by atoms with Crippen LogP contribution in [0.5, 0.6) is 0 Å². The van der Waals surface area contributed by atoms with Gasteiger partial charge in [0.1, 0.15) is 5.58 Å². The van der Waals surface area contributed by atoms with Crippen molar-refractivity contribution in [3.8, 4) is 0 Å². The number of benzene rings is 2. The van der Waals surface area contributed by atoms with Crippen molar-refractivity contribution in [2.75, 3.05) is 31.1 Å². The first-order valence-corrected chi connectivity index (χ1v) is 11.2. The first kappa shape index (κ1) is 20.6. The van der Waals surface area contributed by atoms with Crippen LogP contribution < -0.4 is 4.90 Å². The van der Waals surface area contributed by atoms with Crippen molar-refractivity contribution < 1.29 is 9.21 Å². The molecule has 2 heterocycles. The number of nitrogens with zero attached hydrogens (tertiary/aromatic N) is 3. The molecule has 0 saturated carbocycles. The zero-order valence-electron chi connectivity index (χ0n) is 17.9. The van der Waals surface area contributed by atoms with E-state index in [0.29, 0.717) is 12.3 Å². The highest BCUT2D eigenvalue weighted by Gasteiger charge is 2.25. The number of rotatable bonds is 7. The lowest BCUT2D eigenvalue weighted by Crippen LogP contribution is -2.38. The van der Waals surface area contributed by atoms with Gasteiger partial charge in [-0.25, -0.2) is 4.98 Å². The van der Waals surface area contributed by atoms with Gasteiger partial charge in [-0.3, -0.25) is 9.69 Å². The van der Waals surface area contributed by atoms with Gasteiger partial charge in [0.15, 0.2) is 10.9 Å². The average Bonchev–Trinajstić information content (AvgIpc) is 3.35. The molecule has 0 spiro atoms. The molecule has 5 nitrogen and oxygen atoms in total. The number of hydrogen-bond donors (Lipinski definition) is 0. The van der Waals surface area contributed by atoms with Crippen molar-refractivity contribution in [2.45, 2.75) is 27.7 Å². The smallest absolute Gasteiger partial charge is 0.295 e. The Morgan fingerprint density at radius 2 is 1.83 bits per heavy atom. The van der Waals surface area contributed by atoms with E-state index in [1.54, 1.807) is 16.2 Å². The van der Waals surface area contributed by atoms with Crippen LogP contribution in [-0.4, -0.2) is 42.0 Å². The number of para-hydroxylation sites is 1. The van der Waals surface area contributed by atoms with Crippen molar-refractivity contribution in [1.29, 1.82) is 0 Å². The molecule has 6 heteroatoms. The zero-order chi connectivity index (χ0) is 21.3. The van der Waals surface area contributed by atoms with E-state index in [1.807, 2.05) is 30.3 Å². The van der Waals surface area contributed by atoms with Gasteiger partial charge in [-0.2, -0.15) is 0 Å². The van der Waals surface area contributed by atoms with Crippen molar-refractivity contribution in [3.63, 3.8) is 0 Å². The van der Waals surface area contributed by atoms with Gasteiger partial charge < -0.3 is 9.32 Å². The molecule has 1 amide bonds. The third-order valence-corrected chi connectivity index (χ3v) is 6.49. The minimum atomic E-state index is -0.146. The Hall–Kier alpha value is -2.70. The normalized spacial score (nSPS) is 11.6. The van der Waals surface area contributed by atoms with Crippen molar-refractivity contribution >= 4 is 43.6 Å². The molecule has 0 saturated heterocycles. The predicted octanol–water partition coefficient (Wildman–Crippen LogP) is 5.65. The summed E-state index contributed by atoms with van der Waals surface area (Å²) in [5.74, 6) is 0.203. The fourth-order valence-corrected chi connectivity index (χ4v) is 4.93. The van der Waals surface area contributed by atoms with E-state index in [2.05, 4.69) is 44.7 Å². The molecule has 0 unspecified atom stereocenters. The maximum atomic E-state index is 13.5. The number of aromatic nitrogens is 1. The molecule has 0 N–H and O–H groups in total. The lowest BCUT2D eigenvalue weighted by atomic mass is 10.1. The van der Waals surface area contributed by atoms with E-state index in [4.69, 9.17) is 9.40 Å². The summed E-state index contributed by atoms with van der Waals surface area (Å²) in [6.07, 6.45) is 0. The maximum absolute atomic E-state index is 13.5. The Kier molecular flexibility index (Phi) is 5.88. The van der Waals surface area contributed by atoms with Crippen LogP contribution in [-0.2, 0) is 0 Å². The Morgan fingerprint density at radius 1 is 1.07 bits per heavy atom. The molecule has 4 aromatic rings. The summed E-state index contributed by atoms with van der Waals surface area (Å²) < 4.78 is 6.99. The Labute approximate surface area is 180 Å². The molecule has 30 heavy (non-hydrogen) atoms. The van der Waals surface area contributed by atoms with Gasteiger partial charge in [-0.05, 0) is 56.3 Å². The molecule has 0 bridgehead atoms. The van der Waals surface area contributed by atoms with Gasteiger partial charge in [-0.15, -0.1) is 0 Å². The van der Waals surface area contributed by atoms with Crippen LogP contribution >= 0.6 is 11.3 Å². The standard InChI is InChI=1S/C24H27N3O2S/c1-5-26(6-2)11-12-27(23(28)20-15-18-9-7-8-10-19(18)29-20)24-25-22-17(4)13-16(3)14-21(22)30-24/h7-10,13-15H,5-6,11-12H2,1-4H3. The van der Waals surface area contributed by atoms with Crippen LogP contribution in [0, 0.1) is 13.8 Å². The van der Waals surface area contributed by atoms with Gasteiger partial charge in [0, 0.05) is 18.5 Å². The van der Waals surface area contributed by atoms with E-state index in [0.717, 1.165) is 51.5 Å². The molecule has 0 aliphatic rings. The average molecular weight is 422 g/mol. The molecule has 0 aliphatic carbocycles. The number of fused-ring (bicyclic) bond motifs is 2. The third kappa shape index (κ3) is 3.98. The molecule has 0 radical (unpaired) electrons. The number of anilines is 1. The summed E-state index contributed by atoms with van der Waals surface area (Å²) in [6.45, 7) is 11.7. The SMILES string of the molecule is CCN(CC)CCN(C(=O)c1cc2ccccc2o1)c1nc2c(C)cc(C)cc2s1. The fourth-order valence-electron chi connectivity index (χ4n) is 3.76. The minimum absolute atomic E-state index is 0.146. The molecule has 4 rings (SSSR count). The number of furan rings is 1. The van der Waals surface area contributed by atoms with Crippen LogP contribution in [0.3, 0.4) is 0 Å². The molecular weight excluding hydrogens is 394 g/mol. The number of thiazole rings is 1. The lowest BCUT2D eigenvalue weighted by molar-refractivity contribution is 0.0959. The van der Waals surface area contributed by atoms with E-state index >= 15 is 0 Å². The number of carbonyl (C=O) groups excluding carboxylic acids is 1. The van der Waals surface area contributed by atoms with Crippen molar-refractivity contribution in [2.24, 2.45) is 0 Å². The Morgan fingerprint density at radius 3 is 2.57 bits per heavy atom. The number of amides is 1. The number of aryl methyl sites for hydroxylation is 2. The van der Waals surface area contributed by atoms with Crippen LogP contribution in [0.4, 0.5) is 5.13 Å². The van der Waals surface area contributed by atoms with E-state index in [1.165, 1.54) is 5.56 Å². The molecular formula is C24H27N3O2S. The maximum Gasteiger partial charge on any atom is 0.295 e. The molecule has 2 aromatic carbocycles. The van der Waals surface area contributed by atoms with E-state index < -0.39 is 0 Å². The highest BCUT2D eigenvalue weighted by atomic mass is 32.1. The summed E-state index contributed by atoms with van der Waals surface area (Å²) in [6, 6.07) is 13.8. The Balaban J connectivity index is 1.73. The Bertz CT molecular complexity index is 1160. The first-order valence-electron chi connectivity index (χ1n) is 10.4. The molecule has 0 fully saturated rings. The summed E-state index contributed by atoms with van der Waals surface area (Å²) in [4.78, 5) is 22.4. The number of hydrogen-bond acceptors (Lipinski definition) is 5. The summed E-state index contributed by atoms with van der Waals surface area (Å²) >= 11 is 1.56. The fraction of sp³-hybridized carbons (Fsp3) is 0.333. The highest BCUT2D eigenvalue weighted by Crippen LogP contribution is 2.33. The van der Waals surface area contributed by atoms with Crippen molar-refractivity contribution in [1.82, 2.24) is 9.88 Å². The minimum Gasteiger partial charge on any atom is -0.451 e. The quantitative estimate of drug-likeness (QED) is 0.387. The van der Waals surface area contributed by atoms with E-state index in [-0.39, 0.29) is 5.91 Å². The first-order chi connectivity index (χ1) is 14.5. The predicted molar refractivity (Wildman–Crippen MR) is 125 cm³/mol. The van der Waals surface area contributed by atoms with Gasteiger partial charge in [0.05, 0.1) is 10.2 Å². The van der Waals surface area contributed by atoms with Crippen LogP contribution in [0.15, 0.2) is 46.9 Å². The van der Waals surface area contributed by atoms with Crippen LogP contribution in [0.25, 0.3) is 21.2 Å². The topological polar surface area (TPSA) is 49.6 Å². The largest absolute Gasteiger partial charge is 0.451 e. The van der Waals surface area contributed by atoms with E-state index in [9.17, 15) is 4.79 Å². The summed E-state index contributed by atoms with van der Waals surface area (Å²) in [5, 5.41) is 1.65. The van der Waals surface area contributed by atoms with Gasteiger partial charge >= 0.3 is 0 Å². The molecule has 0 aliphatic heterocycles. The van der Waals surface area contributed by atoms with Crippen LogP contribution in [0.1, 0.15) is 35.5 Å². The van der Waals surface area contributed by atoms with Gasteiger partial charge in [0.25, 0.3) is 5.91 Å². The number of likely N-dealkylation sites (N-methyl/N-ethyl adjacent to an activating group) is 1. The zero-order valence-corrected chi connectivity index (χ0v) is 18.8. The van der Waals surface area contributed by atoms with Gasteiger partial charge in [0.2, 0.25) is 0 Å². The second-order valence-electron chi connectivity index (χ2n) is 7.56. The second-order valence-corrected chi connectivity index (χ2v) is 8.57. The summed E-state index contributed by atoms with van der Waals surface area (Å²) in [5.41, 5.74) is 4.02. The highest BCUT2D eigenvalue weighted by molar-refractivity contribution is 7.22. The second kappa shape index (κ2) is 8.58. The monoisotopic (exact) mass is 421 g/mol. The van der Waals surface area contributed by atoms with Gasteiger partial charge in [-0.1, -0.05) is 49.4 Å². The molecule has 156 valence electrons. The molecule has 2 aromatic heterocycles. The lowest BCUT2D eigenvalue weighted by Gasteiger charge is -2.24. The summed E-state index contributed by atoms with van der Waals surface area (Å²) in [7, 11) is 0.